The second kappa shape index (κ2) is 30.6. The smallest absolute Gasteiger partial charge is 0.220 e. The number of unbranched alkanes of at least 4 members (excludes halogenated alkanes) is 22. The van der Waals surface area contributed by atoms with Gasteiger partial charge in [0.1, 0.15) is 0 Å². The van der Waals surface area contributed by atoms with Crippen molar-refractivity contribution in [2.75, 3.05) is 19.8 Å². The predicted octanol–water partition coefficient (Wildman–Crippen LogP) is 9.27. The summed E-state index contributed by atoms with van der Waals surface area (Å²) in [7, 11) is 0. The zero-order chi connectivity index (χ0) is 26.4. The number of amides is 1. The molecule has 0 rings (SSSR count). The Morgan fingerprint density at radius 1 is 0.583 bits per heavy atom. The van der Waals surface area contributed by atoms with Gasteiger partial charge in [0.25, 0.3) is 0 Å². The van der Waals surface area contributed by atoms with E-state index in [-0.39, 0.29) is 18.6 Å². The van der Waals surface area contributed by atoms with E-state index >= 15 is 0 Å². The average molecular weight is 512 g/mol. The van der Waals surface area contributed by atoms with E-state index in [1.807, 2.05) is 0 Å². The van der Waals surface area contributed by atoms with Gasteiger partial charge in [-0.2, -0.15) is 0 Å². The fourth-order valence-corrected chi connectivity index (χ4v) is 4.81. The topological polar surface area (TPSA) is 58.6 Å². The number of hydrogen-bond acceptors (Lipinski definition) is 3. The van der Waals surface area contributed by atoms with Crippen molar-refractivity contribution in [2.24, 2.45) is 0 Å². The number of ether oxygens (including phenoxy) is 1. The van der Waals surface area contributed by atoms with Crippen LogP contribution in [0.3, 0.4) is 0 Å². The molecule has 0 aromatic heterocycles. The summed E-state index contributed by atoms with van der Waals surface area (Å²) < 4.78 is 5.79. The number of rotatable bonds is 30. The van der Waals surface area contributed by atoms with Crippen LogP contribution in [-0.2, 0) is 9.53 Å². The van der Waals surface area contributed by atoms with Crippen molar-refractivity contribution in [3.63, 3.8) is 0 Å². The summed E-state index contributed by atoms with van der Waals surface area (Å²) in [6.07, 6.45) is 32.0. The zero-order valence-electron chi connectivity index (χ0n) is 24.6. The second-order valence-corrected chi connectivity index (χ2v) is 11.0. The summed E-state index contributed by atoms with van der Waals surface area (Å²) in [6, 6.07) is 0. The molecule has 4 nitrogen and oxygen atoms in total. The van der Waals surface area contributed by atoms with Crippen LogP contribution < -0.4 is 5.32 Å². The van der Waals surface area contributed by atoms with Crippen LogP contribution in [0, 0.1) is 0 Å². The molecule has 0 aromatic carbocycles. The fourth-order valence-electron chi connectivity index (χ4n) is 4.81. The quantitative estimate of drug-likeness (QED) is 0.0944. The molecule has 0 heterocycles. The molecule has 1 amide bonds. The largest absolute Gasteiger partial charge is 0.394 e. The molecule has 2 N–H and O–H groups in total. The van der Waals surface area contributed by atoms with E-state index in [1.165, 1.54) is 135 Å². The van der Waals surface area contributed by atoms with Crippen LogP contribution in [0.2, 0.25) is 0 Å². The third-order valence-corrected chi connectivity index (χ3v) is 7.34. The van der Waals surface area contributed by atoms with Gasteiger partial charge in [0.15, 0.2) is 0 Å². The Bertz CT molecular complexity index is 430. The lowest BCUT2D eigenvalue weighted by Gasteiger charge is -2.16. The lowest BCUT2D eigenvalue weighted by Crippen LogP contribution is -2.35. The molecule has 0 radical (unpaired) electrons. The maximum absolute atomic E-state index is 12.0. The molecule has 4 heteroatoms. The third-order valence-electron chi connectivity index (χ3n) is 7.34. The highest BCUT2D eigenvalue weighted by molar-refractivity contribution is 5.75. The number of aliphatic hydroxyl groups excluding tert-OH is 1. The van der Waals surface area contributed by atoms with Gasteiger partial charge < -0.3 is 15.2 Å². The summed E-state index contributed by atoms with van der Waals surface area (Å²) in [5.41, 5.74) is 0. The summed E-state index contributed by atoms with van der Waals surface area (Å²) in [4.78, 5) is 12.0. The first-order valence-corrected chi connectivity index (χ1v) is 16.2. The van der Waals surface area contributed by atoms with Crippen LogP contribution in [0.4, 0.5) is 0 Å². The van der Waals surface area contributed by atoms with E-state index in [1.54, 1.807) is 0 Å². The zero-order valence-corrected chi connectivity index (χ0v) is 24.6. The van der Waals surface area contributed by atoms with Crippen molar-refractivity contribution in [1.82, 2.24) is 5.32 Å². The minimum atomic E-state index is -0.274. The summed E-state index contributed by atoms with van der Waals surface area (Å²) in [6.45, 7) is 5.60. The Kier molecular flexibility index (Phi) is 30.1. The molecule has 1 atom stereocenters. The molecule has 36 heavy (non-hydrogen) atoms. The SMILES string of the molecule is CCCCCCCCCCCCCCCCCOC(CO)CNC(=O)CCCCCCCCCCC. The van der Waals surface area contributed by atoms with Crippen molar-refractivity contribution in [2.45, 2.75) is 180 Å². The first-order valence-electron chi connectivity index (χ1n) is 16.2. The molecule has 0 spiro atoms. The van der Waals surface area contributed by atoms with Crippen molar-refractivity contribution in [3.05, 3.63) is 0 Å². The Labute approximate surface area is 226 Å². The minimum absolute atomic E-state index is 0.0307. The van der Waals surface area contributed by atoms with E-state index in [2.05, 4.69) is 19.2 Å². The predicted molar refractivity (Wildman–Crippen MR) is 157 cm³/mol. The van der Waals surface area contributed by atoms with Gasteiger partial charge in [0.2, 0.25) is 5.91 Å². The third kappa shape index (κ3) is 28.0. The highest BCUT2D eigenvalue weighted by Crippen LogP contribution is 2.14. The molecular formula is C32H65NO3. The molecule has 0 saturated carbocycles. The number of carbonyl (C=O) groups is 1. The number of aliphatic hydroxyl groups is 1. The van der Waals surface area contributed by atoms with Gasteiger partial charge >= 0.3 is 0 Å². The fraction of sp³-hybridized carbons (Fsp3) is 0.969. The molecule has 0 aliphatic rings. The van der Waals surface area contributed by atoms with Gasteiger partial charge in [-0.05, 0) is 12.8 Å². The Hall–Kier alpha value is -0.610. The number of nitrogens with one attached hydrogen (secondary N) is 1. The van der Waals surface area contributed by atoms with E-state index in [9.17, 15) is 9.90 Å². The normalized spacial score (nSPS) is 12.2. The van der Waals surface area contributed by atoms with Gasteiger partial charge in [0.05, 0.1) is 12.7 Å². The molecular weight excluding hydrogens is 446 g/mol. The minimum Gasteiger partial charge on any atom is -0.394 e. The monoisotopic (exact) mass is 511 g/mol. The van der Waals surface area contributed by atoms with Crippen LogP contribution in [0.25, 0.3) is 0 Å². The Balaban J connectivity index is 3.38. The number of hydrogen-bond donors (Lipinski definition) is 2. The van der Waals surface area contributed by atoms with E-state index in [0.717, 1.165) is 19.3 Å². The van der Waals surface area contributed by atoms with Gasteiger partial charge in [-0.25, -0.2) is 0 Å². The Morgan fingerprint density at radius 3 is 1.33 bits per heavy atom. The summed E-state index contributed by atoms with van der Waals surface area (Å²) in [5, 5.41) is 12.5. The molecule has 0 bridgehead atoms. The molecule has 0 fully saturated rings. The summed E-state index contributed by atoms with van der Waals surface area (Å²) in [5.74, 6) is 0.0898. The molecule has 0 aliphatic carbocycles. The standard InChI is InChI=1S/C32H65NO3/c1-3-5-7-9-11-13-14-15-16-17-18-20-22-24-26-28-36-31(30-34)29-33-32(35)27-25-23-21-19-12-10-8-6-4-2/h31,34H,3-30H2,1-2H3,(H,33,35). The van der Waals surface area contributed by atoms with Gasteiger partial charge in [-0.15, -0.1) is 0 Å². The molecule has 1 unspecified atom stereocenters. The van der Waals surface area contributed by atoms with Gasteiger partial charge in [-0.3, -0.25) is 4.79 Å². The van der Waals surface area contributed by atoms with Crippen molar-refractivity contribution < 1.29 is 14.6 Å². The summed E-state index contributed by atoms with van der Waals surface area (Å²) >= 11 is 0. The molecule has 216 valence electrons. The van der Waals surface area contributed by atoms with Crippen LogP contribution >= 0.6 is 0 Å². The van der Waals surface area contributed by atoms with Gasteiger partial charge in [-0.1, -0.05) is 155 Å². The van der Waals surface area contributed by atoms with E-state index in [0.29, 0.717) is 19.6 Å². The van der Waals surface area contributed by atoms with Gasteiger partial charge in [0, 0.05) is 19.6 Å². The number of carbonyl (C=O) groups excluding carboxylic acids is 1. The van der Waals surface area contributed by atoms with Crippen molar-refractivity contribution in [3.8, 4) is 0 Å². The highest BCUT2D eigenvalue weighted by atomic mass is 16.5. The van der Waals surface area contributed by atoms with Crippen molar-refractivity contribution >= 4 is 5.91 Å². The van der Waals surface area contributed by atoms with E-state index in [4.69, 9.17) is 4.74 Å². The van der Waals surface area contributed by atoms with Crippen LogP contribution in [0.5, 0.6) is 0 Å². The van der Waals surface area contributed by atoms with Crippen molar-refractivity contribution in [1.29, 1.82) is 0 Å². The lowest BCUT2D eigenvalue weighted by atomic mass is 10.0. The van der Waals surface area contributed by atoms with Crippen LogP contribution in [0.15, 0.2) is 0 Å². The van der Waals surface area contributed by atoms with E-state index < -0.39 is 0 Å². The van der Waals surface area contributed by atoms with Crippen LogP contribution in [0.1, 0.15) is 174 Å². The first-order chi connectivity index (χ1) is 17.7. The first kappa shape index (κ1) is 35.4. The second-order valence-electron chi connectivity index (χ2n) is 11.0. The maximum atomic E-state index is 12.0. The van der Waals surface area contributed by atoms with Crippen LogP contribution in [-0.4, -0.2) is 36.9 Å². The molecule has 0 saturated heterocycles. The average Bonchev–Trinajstić information content (AvgIpc) is 2.89. The maximum Gasteiger partial charge on any atom is 0.220 e. The molecule has 0 aromatic rings. The Morgan fingerprint density at radius 2 is 0.944 bits per heavy atom. The molecule has 0 aliphatic heterocycles. The highest BCUT2D eigenvalue weighted by Gasteiger charge is 2.09. The lowest BCUT2D eigenvalue weighted by molar-refractivity contribution is -0.122.